The normalized spacial score (nSPS) is 11.9. The first-order chi connectivity index (χ1) is 15.0. The third-order valence-electron chi connectivity index (χ3n) is 4.69. The number of benzene rings is 2. The van der Waals surface area contributed by atoms with Crippen LogP contribution in [0.4, 0.5) is 4.39 Å². The number of phenolic OH excluding ortho intramolecular Hbond substituents is 1. The summed E-state index contributed by atoms with van der Waals surface area (Å²) in [5.74, 6) is 4.40. The molecule has 0 aliphatic heterocycles. The van der Waals surface area contributed by atoms with Crippen molar-refractivity contribution in [1.82, 2.24) is 10.3 Å². The number of aromatic hydroxyl groups is 1. The van der Waals surface area contributed by atoms with Crippen molar-refractivity contribution in [3.8, 4) is 17.6 Å². The Bertz CT molecular complexity index is 1200. The molecule has 0 aliphatic rings. The molecule has 164 valence electrons. The molecule has 0 saturated carbocycles. The van der Waals surface area contributed by atoms with Crippen molar-refractivity contribution in [3.05, 3.63) is 94.1 Å². The maximum atomic E-state index is 14.0. The molecule has 3 aromatic rings. The number of aromatic nitrogens is 1. The van der Waals surface area contributed by atoms with Gasteiger partial charge in [0, 0.05) is 16.8 Å². The van der Waals surface area contributed by atoms with E-state index in [-0.39, 0.29) is 17.0 Å². The molecule has 1 atom stereocenters. The zero-order valence-corrected chi connectivity index (χ0v) is 18.4. The molecule has 2 aromatic carbocycles. The quantitative estimate of drug-likeness (QED) is 0.540. The van der Waals surface area contributed by atoms with Gasteiger partial charge < -0.3 is 15.5 Å². The van der Waals surface area contributed by atoms with E-state index in [1.807, 2.05) is 31.2 Å². The Morgan fingerprint density at radius 3 is 2.44 bits per heavy atom. The number of pyridine rings is 1. The Hall–Kier alpha value is -3.69. The van der Waals surface area contributed by atoms with Crippen LogP contribution in [-0.4, -0.2) is 26.7 Å². The van der Waals surface area contributed by atoms with Crippen LogP contribution < -0.4 is 5.32 Å². The summed E-state index contributed by atoms with van der Waals surface area (Å²) >= 11 is 0. The number of aliphatic hydroxyl groups is 1. The molecule has 0 fully saturated rings. The smallest absolute Gasteiger partial charge is 0.270 e. The van der Waals surface area contributed by atoms with Crippen molar-refractivity contribution in [1.29, 1.82) is 0 Å². The van der Waals surface area contributed by atoms with Crippen molar-refractivity contribution in [2.75, 3.05) is 0 Å². The maximum Gasteiger partial charge on any atom is 0.270 e. The fourth-order valence-corrected chi connectivity index (χ4v) is 3.14. The van der Waals surface area contributed by atoms with Crippen molar-refractivity contribution >= 4 is 5.91 Å². The Kier molecular flexibility index (Phi) is 6.61. The van der Waals surface area contributed by atoms with E-state index in [0.29, 0.717) is 16.8 Å². The highest BCUT2D eigenvalue weighted by molar-refractivity contribution is 5.93. The second kappa shape index (κ2) is 9.21. The molecule has 0 radical (unpaired) electrons. The third kappa shape index (κ3) is 5.93. The zero-order chi connectivity index (χ0) is 23.5. The maximum absolute atomic E-state index is 14.0. The summed E-state index contributed by atoms with van der Waals surface area (Å²) < 4.78 is 14.0. The molecule has 0 bridgehead atoms. The van der Waals surface area contributed by atoms with Gasteiger partial charge in [-0.25, -0.2) is 9.37 Å². The van der Waals surface area contributed by atoms with E-state index in [1.54, 1.807) is 26.8 Å². The van der Waals surface area contributed by atoms with Crippen LogP contribution in [0.25, 0.3) is 0 Å². The Morgan fingerprint density at radius 2 is 1.78 bits per heavy atom. The number of hydrogen-bond acceptors (Lipinski definition) is 4. The van der Waals surface area contributed by atoms with Crippen LogP contribution in [0.2, 0.25) is 0 Å². The minimum absolute atomic E-state index is 0.123. The molecule has 1 aromatic heterocycles. The molecule has 32 heavy (non-hydrogen) atoms. The number of phenols is 1. The Balaban J connectivity index is 2.00. The van der Waals surface area contributed by atoms with Gasteiger partial charge in [-0.2, -0.15) is 0 Å². The van der Waals surface area contributed by atoms with Gasteiger partial charge in [0.15, 0.2) is 0 Å². The van der Waals surface area contributed by atoms with Crippen molar-refractivity contribution in [3.63, 3.8) is 0 Å². The number of rotatable bonds is 4. The number of nitrogens with one attached hydrogen (secondary N) is 1. The number of nitrogens with zero attached hydrogens (tertiary/aromatic N) is 1. The van der Waals surface area contributed by atoms with Gasteiger partial charge in [-0.1, -0.05) is 41.7 Å². The van der Waals surface area contributed by atoms with E-state index in [1.165, 1.54) is 18.2 Å². The summed E-state index contributed by atoms with van der Waals surface area (Å²) in [5.41, 5.74) is 2.00. The summed E-state index contributed by atoms with van der Waals surface area (Å²) in [5, 5.41) is 23.1. The molecule has 0 aliphatic carbocycles. The molecule has 5 nitrogen and oxygen atoms in total. The lowest BCUT2D eigenvalue weighted by Crippen LogP contribution is -2.30. The highest BCUT2D eigenvalue weighted by Gasteiger charge is 2.22. The average molecular weight is 432 g/mol. The third-order valence-corrected chi connectivity index (χ3v) is 4.69. The second-order valence-corrected chi connectivity index (χ2v) is 8.21. The van der Waals surface area contributed by atoms with E-state index >= 15 is 0 Å². The standard InChI is InChI=1S/C26H25FN2O3/c1-16-5-7-19(8-6-16)24(21-15-20(27)9-10-23(21)30)29-25(31)22-14-18(13-17(2)28-22)11-12-26(3,4)32/h5-10,13-15,24,30,32H,1-4H3,(H,29,31). The van der Waals surface area contributed by atoms with Crippen LogP contribution in [0.15, 0.2) is 54.6 Å². The van der Waals surface area contributed by atoms with E-state index in [0.717, 1.165) is 11.6 Å². The van der Waals surface area contributed by atoms with Crippen LogP contribution in [0, 0.1) is 31.5 Å². The number of halogens is 1. The van der Waals surface area contributed by atoms with Gasteiger partial charge >= 0.3 is 0 Å². The summed E-state index contributed by atoms with van der Waals surface area (Å²) in [6, 6.07) is 13.4. The molecule has 3 N–H and O–H groups in total. The van der Waals surface area contributed by atoms with Gasteiger partial charge in [-0.3, -0.25) is 4.79 Å². The lowest BCUT2D eigenvalue weighted by Gasteiger charge is -2.21. The van der Waals surface area contributed by atoms with E-state index in [9.17, 15) is 19.4 Å². The minimum Gasteiger partial charge on any atom is -0.508 e. The van der Waals surface area contributed by atoms with Crippen molar-refractivity contribution < 1.29 is 19.4 Å². The van der Waals surface area contributed by atoms with Gasteiger partial charge in [-0.15, -0.1) is 0 Å². The number of hydrogen-bond donors (Lipinski definition) is 3. The van der Waals surface area contributed by atoms with E-state index in [4.69, 9.17) is 0 Å². The summed E-state index contributed by atoms with van der Waals surface area (Å²) in [6.45, 7) is 6.81. The highest BCUT2D eigenvalue weighted by Crippen LogP contribution is 2.30. The lowest BCUT2D eigenvalue weighted by atomic mass is 9.96. The second-order valence-electron chi connectivity index (χ2n) is 8.21. The van der Waals surface area contributed by atoms with Gasteiger partial charge in [0.25, 0.3) is 5.91 Å². The predicted molar refractivity (Wildman–Crippen MR) is 121 cm³/mol. The Morgan fingerprint density at radius 1 is 1.09 bits per heavy atom. The molecule has 0 saturated heterocycles. The number of carbonyl (C=O) groups excluding carboxylic acids is 1. The monoisotopic (exact) mass is 432 g/mol. The average Bonchev–Trinajstić information content (AvgIpc) is 2.72. The minimum atomic E-state index is -1.18. The van der Waals surface area contributed by atoms with Crippen LogP contribution in [0.3, 0.4) is 0 Å². The summed E-state index contributed by atoms with van der Waals surface area (Å²) in [4.78, 5) is 17.4. The van der Waals surface area contributed by atoms with Gasteiger partial charge in [0.05, 0.1) is 6.04 Å². The van der Waals surface area contributed by atoms with Crippen molar-refractivity contribution in [2.24, 2.45) is 0 Å². The first kappa shape index (κ1) is 23.0. The molecule has 1 unspecified atom stereocenters. The first-order valence-corrected chi connectivity index (χ1v) is 10.1. The molecule has 0 spiro atoms. The van der Waals surface area contributed by atoms with Crippen LogP contribution >= 0.6 is 0 Å². The molecular formula is C26H25FN2O3. The van der Waals surface area contributed by atoms with Gasteiger partial charge in [0.2, 0.25) is 0 Å². The summed E-state index contributed by atoms with van der Waals surface area (Å²) in [7, 11) is 0. The number of aryl methyl sites for hydroxylation is 2. The van der Waals surface area contributed by atoms with Crippen molar-refractivity contribution in [2.45, 2.75) is 39.3 Å². The highest BCUT2D eigenvalue weighted by atomic mass is 19.1. The largest absolute Gasteiger partial charge is 0.508 e. The number of amides is 1. The van der Waals surface area contributed by atoms with Crippen LogP contribution in [-0.2, 0) is 0 Å². The lowest BCUT2D eigenvalue weighted by molar-refractivity contribution is 0.0937. The fourth-order valence-electron chi connectivity index (χ4n) is 3.14. The molecule has 1 heterocycles. The first-order valence-electron chi connectivity index (χ1n) is 10.1. The van der Waals surface area contributed by atoms with Crippen LogP contribution in [0.5, 0.6) is 5.75 Å². The van der Waals surface area contributed by atoms with E-state index < -0.39 is 23.4 Å². The fraction of sp³-hybridized carbons (Fsp3) is 0.231. The molecule has 6 heteroatoms. The summed E-state index contributed by atoms with van der Waals surface area (Å²) in [6.07, 6.45) is 0. The van der Waals surface area contributed by atoms with E-state index in [2.05, 4.69) is 22.1 Å². The Labute approximate surface area is 187 Å². The molecule has 3 rings (SSSR count). The SMILES string of the molecule is Cc1ccc(C(NC(=O)c2cc(C#CC(C)(C)O)cc(C)n2)c2cc(F)ccc2O)cc1. The van der Waals surface area contributed by atoms with Gasteiger partial charge in [-0.05, 0) is 63.6 Å². The predicted octanol–water partition coefficient (Wildman–Crippen LogP) is 4.18. The molecular weight excluding hydrogens is 407 g/mol. The topological polar surface area (TPSA) is 82.5 Å². The van der Waals surface area contributed by atoms with Gasteiger partial charge in [0.1, 0.15) is 22.9 Å². The number of carbonyl (C=O) groups is 1. The molecule has 1 amide bonds. The van der Waals surface area contributed by atoms with Crippen LogP contribution in [0.1, 0.15) is 58.3 Å². The zero-order valence-electron chi connectivity index (χ0n) is 18.4.